The third-order valence-electron chi connectivity index (χ3n) is 2.75. The molecule has 2 aromatic rings. The molecule has 102 valence electrons. The summed E-state index contributed by atoms with van der Waals surface area (Å²) in [6.45, 7) is 2.21. The molecule has 1 N–H and O–H groups in total. The Labute approximate surface area is 119 Å². The van der Waals surface area contributed by atoms with Crippen LogP contribution in [0, 0.1) is 6.92 Å². The van der Waals surface area contributed by atoms with E-state index in [9.17, 15) is 4.79 Å². The minimum atomic E-state index is -0.284. The highest BCUT2D eigenvalue weighted by Crippen LogP contribution is 2.32. The monoisotopic (exact) mass is 288 g/mol. The van der Waals surface area contributed by atoms with E-state index in [1.807, 2.05) is 19.1 Å². The number of hydrazone groups is 1. The van der Waals surface area contributed by atoms with Crippen molar-refractivity contribution in [3.63, 3.8) is 0 Å². The Balaban J connectivity index is 1.66. The van der Waals surface area contributed by atoms with Crippen LogP contribution in [0.2, 0.25) is 0 Å². The Morgan fingerprint density at radius 1 is 1.30 bits per heavy atom. The highest BCUT2D eigenvalue weighted by atomic mass is 32.1. The van der Waals surface area contributed by atoms with Crippen molar-refractivity contribution in [3.05, 3.63) is 45.6 Å². The first kappa shape index (κ1) is 12.7. The SMILES string of the molecule is Cc1ccc(/C=N\NC(=O)c2ccc3c(c2)OCO3)s1. The summed E-state index contributed by atoms with van der Waals surface area (Å²) >= 11 is 1.61. The number of ether oxygens (including phenoxy) is 2. The van der Waals surface area contributed by atoms with E-state index in [1.165, 1.54) is 4.88 Å². The molecule has 0 saturated carbocycles. The molecule has 1 aromatic heterocycles. The second-order valence-electron chi connectivity index (χ2n) is 4.22. The number of nitrogens with one attached hydrogen (secondary N) is 1. The molecule has 0 bridgehead atoms. The fourth-order valence-corrected chi connectivity index (χ4v) is 2.53. The molecular formula is C14H12N2O3S. The van der Waals surface area contributed by atoms with Crippen molar-refractivity contribution >= 4 is 23.5 Å². The summed E-state index contributed by atoms with van der Waals surface area (Å²) in [5, 5.41) is 3.94. The molecule has 5 nitrogen and oxygen atoms in total. The lowest BCUT2D eigenvalue weighted by atomic mass is 10.2. The minimum Gasteiger partial charge on any atom is -0.454 e. The third kappa shape index (κ3) is 2.65. The zero-order valence-corrected chi connectivity index (χ0v) is 11.6. The van der Waals surface area contributed by atoms with Gasteiger partial charge in [-0.2, -0.15) is 5.10 Å². The van der Waals surface area contributed by atoms with Crippen LogP contribution in [0.5, 0.6) is 11.5 Å². The molecule has 1 aliphatic heterocycles. The smallest absolute Gasteiger partial charge is 0.271 e. The van der Waals surface area contributed by atoms with Crippen molar-refractivity contribution < 1.29 is 14.3 Å². The van der Waals surface area contributed by atoms with Crippen LogP contribution >= 0.6 is 11.3 Å². The predicted molar refractivity (Wildman–Crippen MR) is 76.7 cm³/mol. The number of rotatable bonds is 3. The zero-order valence-electron chi connectivity index (χ0n) is 10.8. The molecule has 2 heterocycles. The van der Waals surface area contributed by atoms with Gasteiger partial charge in [-0.3, -0.25) is 4.79 Å². The van der Waals surface area contributed by atoms with Crippen molar-refractivity contribution in [2.45, 2.75) is 6.92 Å². The number of thiophene rings is 1. The number of hydrogen-bond donors (Lipinski definition) is 1. The van der Waals surface area contributed by atoms with Crippen LogP contribution in [0.4, 0.5) is 0 Å². The Morgan fingerprint density at radius 2 is 2.15 bits per heavy atom. The quantitative estimate of drug-likeness (QED) is 0.697. The average Bonchev–Trinajstić information content (AvgIpc) is 3.06. The Hall–Kier alpha value is -2.34. The predicted octanol–water partition coefficient (Wildman–Crippen LogP) is 2.55. The molecule has 1 aliphatic rings. The molecule has 0 saturated heterocycles. The fraction of sp³-hybridized carbons (Fsp3) is 0.143. The van der Waals surface area contributed by atoms with Crippen LogP contribution in [0.1, 0.15) is 20.1 Å². The van der Waals surface area contributed by atoms with Crippen molar-refractivity contribution in [1.82, 2.24) is 5.43 Å². The normalized spacial score (nSPS) is 12.8. The highest BCUT2D eigenvalue weighted by Gasteiger charge is 2.15. The van der Waals surface area contributed by atoms with Gasteiger partial charge in [-0.05, 0) is 37.3 Å². The van der Waals surface area contributed by atoms with Gasteiger partial charge in [-0.1, -0.05) is 0 Å². The summed E-state index contributed by atoms with van der Waals surface area (Å²) in [6, 6.07) is 8.99. The lowest BCUT2D eigenvalue weighted by molar-refractivity contribution is 0.0954. The van der Waals surface area contributed by atoms with Gasteiger partial charge >= 0.3 is 0 Å². The van der Waals surface area contributed by atoms with E-state index in [4.69, 9.17) is 9.47 Å². The number of carbonyl (C=O) groups excluding carboxylic acids is 1. The van der Waals surface area contributed by atoms with Gasteiger partial charge < -0.3 is 9.47 Å². The summed E-state index contributed by atoms with van der Waals surface area (Å²) in [5.74, 6) is 0.947. The van der Waals surface area contributed by atoms with Crippen LogP contribution in [0.15, 0.2) is 35.4 Å². The fourth-order valence-electron chi connectivity index (χ4n) is 1.78. The van der Waals surface area contributed by atoms with Crippen molar-refractivity contribution in [2.75, 3.05) is 6.79 Å². The van der Waals surface area contributed by atoms with E-state index >= 15 is 0 Å². The Bertz CT molecular complexity index is 679. The highest BCUT2D eigenvalue weighted by molar-refractivity contribution is 7.13. The molecule has 1 amide bonds. The third-order valence-corrected chi connectivity index (χ3v) is 3.69. The van der Waals surface area contributed by atoms with Crippen LogP contribution in [0.3, 0.4) is 0 Å². The zero-order chi connectivity index (χ0) is 13.9. The first-order valence-corrected chi connectivity index (χ1v) is 6.83. The van der Waals surface area contributed by atoms with Gasteiger partial charge in [-0.25, -0.2) is 5.43 Å². The average molecular weight is 288 g/mol. The summed E-state index contributed by atoms with van der Waals surface area (Å²) in [6.07, 6.45) is 1.63. The number of aryl methyl sites for hydroxylation is 1. The number of benzene rings is 1. The summed E-state index contributed by atoms with van der Waals surface area (Å²) in [5.41, 5.74) is 2.97. The molecule has 20 heavy (non-hydrogen) atoms. The van der Waals surface area contributed by atoms with Crippen LogP contribution in [0.25, 0.3) is 0 Å². The van der Waals surface area contributed by atoms with Gasteiger partial charge in [0.15, 0.2) is 11.5 Å². The van der Waals surface area contributed by atoms with Crippen molar-refractivity contribution in [3.8, 4) is 11.5 Å². The first-order valence-electron chi connectivity index (χ1n) is 6.02. The second kappa shape index (κ2) is 5.34. The van der Waals surface area contributed by atoms with E-state index in [0.29, 0.717) is 17.1 Å². The summed E-state index contributed by atoms with van der Waals surface area (Å²) < 4.78 is 10.4. The van der Waals surface area contributed by atoms with E-state index in [1.54, 1.807) is 35.8 Å². The molecule has 6 heteroatoms. The lowest BCUT2D eigenvalue weighted by Crippen LogP contribution is -2.17. The maximum absolute atomic E-state index is 11.9. The second-order valence-corrected chi connectivity index (χ2v) is 5.54. The summed E-state index contributed by atoms with van der Waals surface area (Å²) in [4.78, 5) is 14.1. The molecular weight excluding hydrogens is 276 g/mol. The molecule has 0 spiro atoms. The van der Waals surface area contributed by atoms with E-state index in [2.05, 4.69) is 10.5 Å². The minimum absolute atomic E-state index is 0.191. The molecule has 0 fully saturated rings. The molecule has 1 aromatic carbocycles. The van der Waals surface area contributed by atoms with Crippen molar-refractivity contribution in [1.29, 1.82) is 0 Å². The number of fused-ring (bicyclic) bond motifs is 1. The van der Waals surface area contributed by atoms with Crippen molar-refractivity contribution in [2.24, 2.45) is 5.10 Å². The van der Waals surface area contributed by atoms with E-state index in [0.717, 1.165) is 4.88 Å². The summed E-state index contributed by atoms with van der Waals surface area (Å²) in [7, 11) is 0. The molecule has 0 radical (unpaired) electrons. The van der Waals surface area contributed by atoms with Crippen LogP contribution in [-0.4, -0.2) is 18.9 Å². The van der Waals surface area contributed by atoms with Gasteiger partial charge in [0.1, 0.15) is 0 Å². The Kier molecular flexibility index (Phi) is 3.39. The van der Waals surface area contributed by atoms with E-state index in [-0.39, 0.29) is 12.7 Å². The number of amides is 1. The van der Waals surface area contributed by atoms with Crippen LogP contribution in [-0.2, 0) is 0 Å². The molecule has 0 aliphatic carbocycles. The maximum Gasteiger partial charge on any atom is 0.271 e. The van der Waals surface area contributed by atoms with Gasteiger partial charge in [0.25, 0.3) is 5.91 Å². The number of carbonyl (C=O) groups is 1. The van der Waals surface area contributed by atoms with Gasteiger partial charge in [-0.15, -0.1) is 11.3 Å². The topological polar surface area (TPSA) is 59.9 Å². The van der Waals surface area contributed by atoms with E-state index < -0.39 is 0 Å². The first-order chi connectivity index (χ1) is 9.72. The van der Waals surface area contributed by atoms with Gasteiger partial charge in [0.05, 0.1) is 6.21 Å². The Morgan fingerprint density at radius 3 is 2.95 bits per heavy atom. The standard InChI is InChI=1S/C14H12N2O3S/c1-9-2-4-11(20-9)7-15-16-14(17)10-3-5-12-13(6-10)19-8-18-12/h2-7H,8H2,1H3,(H,16,17)/b15-7-. The molecule has 0 unspecified atom stereocenters. The van der Waals surface area contributed by atoms with Gasteiger partial charge in [0, 0.05) is 15.3 Å². The molecule has 3 rings (SSSR count). The lowest BCUT2D eigenvalue weighted by Gasteiger charge is -2.01. The number of hydrogen-bond acceptors (Lipinski definition) is 5. The maximum atomic E-state index is 11.9. The van der Waals surface area contributed by atoms with Gasteiger partial charge in [0.2, 0.25) is 6.79 Å². The van der Waals surface area contributed by atoms with Crippen LogP contribution < -0.4 is 14.9 Å². The molecule has 0 atom stereocenters. The largest absolute Gasteiger partial charge is 0.454 e. The number of nitrogens with zero attached hydrogens (tertiary/aromatic N) is 1.